The molecule has 114 valence electrons. The molecule has 3 nitrogen and oxygen atoms in total. The van der Waals surface area contributed by atoms with Gasteiger partial charge < -0.3 is 9.47 Å². The quantitative estimate of drug-likeness (QED) is 0.557. The standard InChI is InChI=1S/C18H17BrO3/c1-2-21-18(20)11-9-15-8-10-16(12-17(15)19)22-13-14-6-4-3-5-7-14/h3-12H,2,13H2,1H3/b11-9+. The van der Waals surface area contributed by atoms with Gasteiger partial charge in [-0.2, -0.15) is 0 Å². The maximum absolute atomic E-state index is 11.3. The Morgan fingerprint density at radius 3 is 2.64 bits per heavy atom. The van der Waals surface area contributed by atoms with Crippen molar-refractivity contribution in [1.82, 2.24) is 0 Å². The van der Waals surface area contributed by atoms with E-state index in [2.05, 4.69) is 15.9 Å². The highest BCUT2D eigenvalue weighted by Crippen LogP contribution is 2.24. The molecule has 4 heteroatoms. The first-order chi connectivity index (χ1) is 10.7. The smallest absolute Gasteiger partial charge is 0.330 e. The van der Waals surface area contributed by atoms with E-state index in [0.29, 0.717) is 13.2 Å². The van der Waals surface area contributed by atoms with E-state index in [4.69, 9.17) is 9.47 Å². The third kappa shape index (κ3) is 5.04. The number of ether oxygens (including phenoxy) is 2. The van der Waals surface area contributed by atoms with Gasteiger partial charge in [-0.1, -0.05) is 52.3 Å². The summed E-state index contributed by atoms with van der Waals surface area (Å²) < 4.78 is 11.5. The molecule has 2 aromatic rings. The van der Waals surface area contributed by atoms with E-state index in [0.717, 1.165) is 21.3 Å². The van der Waals surface area contributed by atoms with Crippen molar-refractivity contribution in [3.63, 3.8) is 0 Å². The van der Waals surface area contributed by atoms with E-state index in [1.807, 2.05) is 48.5 Å². The number of carbonyl (C=O) groups excluding carboxylic acids is 1. The highest BCUT2D eigenvalue weighted by atomic mass is 79.9. The molecule has 0 saturated carbocycles. The van der Waals surface area contributed by atoms with Gasteiger partial charge in [0, 0.05) is 10.5 Å². The molecule has 0 radical (unpaired) electrons. The maximum Gasteiger partial charge on any atom is 0.330 e. The first kappa shape index (κ1) is 16.3. The monoisotopic (exact) mass is 360 g/mol. The van der Waals surface area contributed by atoms with E-state index in [1.165, 1.54) is 6.08 Å². The van der Waals surface area contributed by atoms with Crippen LogP contribution in [-0.2, 0) is 16.1 Å². The Bertz CT molecular complexity index is 651. The van der Waals surface area contributed by atoms with Crippen LogP contribution in [0.2, 0.25) is 0 Å². The van der Waals surface area contributed by atoms with Gasteiger partial charge in [0.05, 0.1) is 6.61 Å². The predicted octanol–water partition coefficient (Wildman–Crippen LogP) is 4.60. The van der Waals surface area contributed by atoms with Crippen molar-refractivity contribution >= 4 is 28.0 Å². The fraction of sp³-hybridized carbons (Fsp3) is 0.167. The predicted molar refractivity (Wildman–Crippen MR) is 90.6 cm³/mol. The molecule has 2 rings (SSSR count). The molecule has 0 aliphatic heterocycles. The Morgan fingerprint density at radius 1 is 1.18 bits per heavy atom. The van der Waals surface area contributed by atoms with E-state index in [1.54, 1.807) is 13.0 Å². The topological polar surface area (TPSA) is 35.5 Å². The summed E-state index contributed by atoms with van der Waals surface area (Å²) in [6.45, 7) is 2.67. The van der Waals surface area contributed by atoms with Gasteiger partial charge in [0.25, 0.3) is 0 Å². The minimum atomic E-state index is -0.348. The summed E-state index contributed by atoms with van der Waals surface area (Å²) in [5, 5.41) is 0. The van der Waals surface area contributed by atoms with Crippen LogP contribution in [0, 0.1) is 0 Å². The first-order valence-electron chi connectivity index (χ1n) is 7.00. The van der Waals surface area contributed by atoms with Gasteiger partial charge in [0.2, 0.25) is 0 Å². The minimum Gasteiger partial charge on any atom is -0.489 e. The summed E-state index contributed by atoms with van der Waals surface area (Å²) in [5.41, 5.74) is 2.00. The summed E-state index contributed by atoms with van der Waals surface area (Å²) in [6.07, 6.45) is 3.12. The lowest BCUT2D eigenvalue weighted by molar-refractivity contribution is -0.137. The van der Waals surface area contributed by atoms with Crippen molar-refractivity contribution < 1.29 is 14.3 Å². The molecular weight excluding hydrogens is 344 g/mol. The number of rotatable bonds is 6. The second-order valence-electron chi connectivity index (χ2n) is 4.54. The molecule has 0 aliphatic rings. The van der Waals surface area contributed by atoms with Crippen molar-refractivity contribution in [3.8, 4) is 5.75 Å². The average Bonchev–Trinajstić information content (AvgIpc) is 2.53. The van der Waals surface area contributed by atoms with Crippen molar-refractivity contribution in [2.75, 3.05) is 6.61 Å². The van der Waals surface area contributed by atoms with Gasteiger partial charge >= 0.3 is 5.97 Å². The average molecular weight is 361 g/mol. The molecular formula is C18H17BrO3. The third-order valence-electron chi connectivity index (χ3n) is 2.91. The van der Waals surface area contributed by atoms with Crippen LogP contribution in [0.5, 0.6) is 5.75 Å². The van der Waals surface area contributed by atoms with Crippen molar-refractivity contribution in [2.45, 2.75) is 13.5 Å². The number of esters is 1. The molecule has 0 amide bonds. The number of halogens is 1. The van der Waals surface area contributed by atoms with Crippen LogP contribution in [0.15, 0.2) is 59.1 Å². The molecule has 0 unspecified atom stereocenters. The van der Waals surface area contributed by atoms with Crippen molar-refractivity contribution in [1.29, 1.82) is 0 Å². The van der Waals surface area contributed by atoms with Gasteiger partial charge in [-0.05, 0) is 36.3 Å². The van der Waals surface area contributed by atoms with Gasteiger partial charge in [0.1, 0.15) is 12.4 Å². The van der Waals surface area contributed by atoms with Crippen molar-refractivity contribution in [2.24, 2.45) is 0 Å². The van der Waals surface area contributed by atoms with Crippen molar-refractivity contribution in [3.05, 3.63) is 70.2 Å². The first-order valence-corrected chi connectivity index (χ1v) is 7.79. The van der Waals surface area contributed by atoms with Crippen LogP contribution in [0.3, 0.4) is 0 Å². The second kappa shape index (κ2) is 8.39. The SMILES string of the molecule is CCOC(=O)/C=C/c1ccc(OCc2ccccc2)cc1Br. The normalized spacial score (nSPS) is 10.6. The lowest BCUT2D eigenvalue weighted by Crippen LogP contribution is -1.98. The maximum atomic E-state index is 11.3. The van der Waals surface area contributed by atoms with Crippen LogP contribution in [-0.4, -0.2) is 12.6 Å². The third-order valence-corrected chi connectivity index (χ3v) is 3.59. The van der Waals surface area contributed by atoms with Crippen LogP contribution in [0.4, 0.5) is 0 Å². The van der Waals surface area contributed by atoms with E-state index in [-0.39, 0.29) is 5.97 Å². The van der Waals surface area contributed by atoms with Crippen LogP contribution < -0.4 is 4.74 Å². The number of carbonyl (C=O) groups is 1. The molecule has 0 spiro atoms. The molecule has 0 fully saturated rings. The Balaban J connectivity index is 1.98. The Labute approximate surface area is 138 Å². The van der Waals surface area contributed by atoms with Gasteiger partial charge in [-0.25, -0.2) is 4.79 Å². The largest absolute Gasteiger partial charge is 0.489 e. The molecule has 0 N–H and O–H groups in total. The molecule has 22 heavy (non-hydrogen) atoms. The zero-order chi connectivity index (χ0) is 15.8. The zero-order valence-electron chi connectivity index (χ0n) is 12.3. The number of hydrogen-bond acceptors (Lipinski definition) is 3. The molecule has 0 aromatic heterocycles. The molecule has 0 aliphatic carbocycles. The van der Waals surface area contributed by atoms with Gasteiger partial charge in [-0.15, -0.1) is 0 Å². The van der Waals surface area contributed by atoms with Crippen LogP contribution in [0.1, 0.15) is 18.1 Å². The fourth-order valence-electron chi connectivity index (χ4n) is 1.82. The lowest BCUT2D eigenvalue weighted by atomic mass is 10.2. The van der Waals surface area contributed by atoms with E-state index in [9.17, 15) is 4.79 Å². The number of benzene rings is 2. The Hall–Kier alpha value is -2.07. The lowest BCUT2D eigenvalue weighted by Gasteiger charge is -2.08. The zero-order valence-corrected chi connectivity index (χ0v) is 13.9. The van der Waals surface area contributed by atoms with Crippen LogP contribution >= 0.6 is 15.9 Å². The highest BCUT2D eigenvalue weighted by molar-refractivity contribution is 9.10. The van der Waals surface area contributed by atoms with E-state index < -0.39 is 0 Å². The van der Waals surface area contributed by atoms with Gasteiger partial charge in [0.15, 0.2) is 0 Å². The highest BCUT2D eigenvalue weighted by Gasteiger charge is 2.02. The molecule has 0 saturated heterocycles. The Morgan fingerprint density at radius 2 is 1.95 bits per heavy atom. The Kier molecular flexibility index (Phi) is 6.22. The summed E-state index contributed by atoms with van der Waals surface area (Å²) in [5.74, 6) is 0.419. The summed E-state index contributed by atoms with van der Waals surface area (Å²) >= 11 is 3.48. The molecule has 0 atom stereocenters. The molecule has 0 bridgehead atoms. The van der Waals surface area contributed by atoms with Gasteiger partial charge in [-0.3, -0.25) is 0 Å². The fourth-order valence-corrected chi connectivity index (χ4v) is 2.31. The molecule has 0 heterocycles. The summed E-state index contributed by atoms with van der Waals surface area (Å²) in [6, 6.07) is 15.6. The second-order valence-corrected chi connectivity index (χ2v) is 5.40. The van der Waals surface area contributed by atoms with Crippen LogP contribution in [0.25, 0.3) is 6.08 Å². The minimum absolute atomic E-state index is 0.348. The molecule has 2 aromatic carbocycles. The summed E-state index contributed by atoms with van der Waals surface area (Å²) in [7, 11) is 0. The summed E-state index contributed by atoms with van der Waals surface area (Å²) in [4.78, 5) is 11.3. The number of hydrogen-bond donors (Lipinski definition) is 0. The van der Waals surface area contributed by atoms with E-state index >= 15 is 0 Å².